The summed E-state index contributed by atoms with van der Waals surface area (Å²) in [5.74, 6) is 0.633. The lowest BCUT2D eigenvalue weighted by Gasteiger charge is -2.18. The number of ether oxygens (including phenoxy) is 1. The molecule has 1 fully saturated rings. The van der Waals surface area contributed by atoms with Gasteiger partial charge in [-0.1, -0.05) is 30.3 Å². The number of nitrogens with one attached hydrogen (secondary N) is 2. The molecule has 0 spiro atoms. The van der Waals surface area contributed by atoms with Gasteiger partial charge in [-0.2, -0.15) is 0 Å². The summed E-state index contributed by atoms with van der Waals surface area (Å²) in [6.07, 6.45) is 3.34. The third-order valence-electron chi connectivity index (χ3n) is 3.40. The van der Waals surface area contributed by atoms with E-state index in [-0.39, 0.29) is 12.1 Å². The van der Waals surface area contributed by atoms with Gasteiger partial charge in [0, 0.05) is 19.7 Å². The van der Waals surface area contributed by atoms with Crippen LogP contribution in [-0.2, 0) is 11.2 Å². The normalized spacial score (nSPS) is 15.8. The molecule has 1 saturated carbocycles. The zero-order valence-corrected chi connectivity index (χ0v) is 11.4. The van der Waals surface area contributed by atoms with Crippen LogP contribution in [0.5, 0.6) is 0 Å². The lowest BCUT2D eigenvalue weighted by molar-refractivity contribution is 0.194. The minimum Gasteiger partial charge on any atom is -0.383 e. The third kappa shape index (κ3) is 4.91. The van der Waals surface area contributed by atoms with Crippen LogP contribution in [0.2, 0.25) is 0 Å². The molecule has 1 aromatic carbocycles. The number of carbonyl (C=O) groups is 1. The average Bonchev–Trinajstić information content (AvgIpc) is 3.24. The van der Waals surface area contributed by atoms with E-state index in [2.05, 4.69) is 22.8 Å². The van der Waals surface area contributed by atoms with Gasteiger partial charge in [0.1, 0.15) is 0 Å². The van der Waals surface area contributed by atoms with E-state index < -0.39 is 0 Å². The summed E-state index contributed by atoms with van der Waals surface area (Å²) in [6, 6.07) is 10.5. The van der Waals surface area contributed by atoms with Crippen LogP contribution in [0.15, 0.2) is 30.3 Å². The second-order valence-electron chi connectivity index (χ2n) is 5.03. The lowest BCUT2D eigenvalue weighted by atomic mass is 10.0. The number of urea groups is 1. The average molecular weight is 262 g/mol. The lowest BCUT2D eigenvalue weighted by Crippen LogP contribution is -2.45. The van der Waals surface area contributed by atoms with Gasteiger partial charge in [0.15, 0.2) is 0 Å². The molecule has 4 nitrogen and oxygen atoms in total. The molecule has 0 aromatic heterocycles. The molecule has 4 heteroatoms. The van der Waals surface area contributed by atoms with Gasteiger partial charge in [0.25, 0.3) is 0 Å². The van der Waals surface area contributed by atoms with Crippen molar-refractivity contribution < 1.29 is 9.53 Å². The van der Waals surface area contributed by atoms with Crippen LogP contribution in [0, 0.1) is 5.92 Å². The van der Waals surface area contributed by atoms with Crippen LogP contribution in [0.4, 0.5) is 4.79 Å². The van der Waals surface area contributed by atoms with Gasteiger partial charge in [-0.15, -0.1) is 0 Å². The maximum Gasteiger partial charge on any atom is 0.315 e. The molecule has 1 aliphatic rings. The van der Waals surface area contributed by atoms with Crippen LogP contribution in [-0.4, -0.2) is 32.3 Å². The van der Waals surface area contributed by atoms with E-state index in [1.54, 1.807) is 7.11 Å². The van der Waals surface area contributed by atoms with Gasteiger partial charge < -0.3 is 15.4 Å². The SMILES string of the molecule is COCCNC(=O)N[C@@H](Cc1ccccc1)C1CC1. The molecule has 0 aliphatic heterocycles. The number of carbonyl (C=O) groups excluding carboxylic acids is 1. The molecule has 104 valence electrons. The van der Waals surface area contributed by atoms with Crippen molar-refractivity contribution in [2.45, 2.75) is 25.3 Å². The molecule has 0 saturated heterocycles. The first-order chi connectivity index (χ1) is 9.29. The molecular formula is C15H22N2O2. The zero-order chi connectivity index (χ0) is 13.5. The van der Waals surface area contributed by atoms with E-state index in [1.165, 1.54) is 18.4 Å². The molecule has 1 aromatic rings. The number of methoxy groups -OCH3 is 1. The fraction of sp³-hybridized carbons (Fsp3) is 0.533. The Balaban J connectivity index is 1.81. The third-order valence-corrected chi connectivity index (χ3v) is 3.40. The van der Waals surface area contributed by atoms with Crippen LogP contribution in [0.3, 0.4) is 0 Å². The van der Waals surface area contributed by atoms with Crippen molar-refractivity contribution in [1.82, 2.24) is 10.6 Å². The maximum atomic E-state index is 11.8. The summed E-state index contributed by atoms with van der Waals surface area (Å²) in [5, 5.41) is 5.89. The van der Waals surface area contributed by atoms with Gasteiger partial charge in [0.2, 0.25) is 0 Å². The van der Waals surface area contributed by atoms with Crippen LogP contribution < -0.4 is 10.6 Å². The Morgan fingerprint density at radius 2 is 2.11 bits per heavy atom. The summed E-state index contributed by atoms with van der Waals surface area (Å²) in [6.45, 7) is 1.09. The topological polar surface area (TPSA) is 50.4 Å². The molecule has 2 N–H and O–H groups in total. The van der Waals surface area contributed by atoms with Crippen LogP contribution >= 0.6 is 0 Å². The van der Waals surface area contributed by atoms with Gasteiger partial charge in [-0.3, -0.25) is 0 Å². The number of rotatable bonds is 7. The summed E-state index contributed by atoms with van der Waals surface area (Å²) in [7, 11) is 1.63. The molecular weight excluding hydrogens is 240 g/mol. The fourth-order valence-electron chi connectivity index (χ4n) is 2.19. The summed E-state index contributed by atoms with van der Waals surface area (Å²) in [4.78, 5) is 11.8. The predicted molar refractivity (Wildman–Crippen MR) is 75.1 cm³/mol. The molecule has 1 aliphatic carbocycles. The van der Waals surface area contributed by atoms with E-state index in [0.29, 0.717) is 19.1 Å². The second kappa shape index (κ2) is 7.14. The highest BCUT2D eigenvalue weighted by Crippen LogP contribution is 2.34. The van der Waals surface area contributed by atoms with Crippen LogP contribution in [0.25, 0.3) is 0 Å². The molecule has 2 amide bonds. The smallest absolute Gasteiger partial charge is 0.315 e. The highest BCUT2D eigenvalue weighted by Gasteiger charge is 2.32. The summed E-state index contributed by atoms with van der Waals surface area (Å²) < 4.78 is 4.91. The molecule has 2 rings (SSSR count). The zero-order valence-electron chi connectivity index (χ0n) is 11.4. The first kappa shape index (κ1) is 13.9. The minimum absolute atomic E-state index is 0.0927. The Bertz CT molecular complexity index is 390. The van der Waals surface area contributed by atoms with Crippen molar-refractivity contribution in [3.05, 3.63) is 35.9 Å². The van der Waals surface area contributed by atoms with Crippen molar-refractivity contribution in [2.24, 2.45) is 5.92 Å². The molecule has 0 heterocycles. The predicted octanol–water partition coefficient (Wildman–Crippen LogP) is 1.95. The van der Waals surface area contributed by atoms with E-state index in [4.69, 9.17) is 4.74 Å². The van der Waals surface area contributed by atoms with Crippen LogP contribution in [0.1, 0.15) is 18.4 Å². The summed E-state index contributed by atoms with van der Waals surface area (Å²) in [5.41, 5.74) is 1.27. The van der Waals surface area contributed by atoms with E-state index >= 15 is 0 Å². The molecule has 0 bridgehead atoms. The highest BCUT2D eigenvalue weighted by molar-refractivity contribution is 5.74. The molecule has 19 heavy (non-hydrogen) atoms. The fourth-order valence-corrected chi connectivity index (χ4v) is 2.19. The van der Waals surface area contributed by atoms with Gasteiger partial charge in [-0.25, -0.2) is 4.79 Å². The number of hydrogen-bond donors (Lipinski definition) is 2. The van der Waals surface area contributed by atoms with Crippen molar-refractivity contribution in [3.63, 3.8) is 0 Å². The van der Waals surface area contributed by atoms with Crippen molar-refractivity contribution in [2.75, 3.05) is 20.3 Å². The standard InChI is InChI=1S/C15H22N2O2/c1-19-10-9-16-15(18)17-14(13-7-8-13)11-12-5-3-2-4-6-12/h2-6,13-14H,7-11H2,1H3,(H2,16,17,18)/t14-/m0/s1. The molecule has 1 atom stereocenters. The first-order valence-corrected chi connectivity index (χ1v) is 6.87. The second-order valence-corrected chi connectivity index (χ2v) is 5.03. The Hall–Kier alpha value is -1.55. The monoisotopic (exact) mass is 262 g/mol. The van der Waals surface area contributed by atoms with E-state index in [1.807, 2.05) is 18.2 Å². The highest BCUT2D eigenvalue weighted by atomic mass is 16.5. The van der Waals surface area contributed by atoms with Gasteiger partial charge >= 0.3 is 6.03 Å². The molecule has 0 unspecified atom stereocenters. The van der Waals surface area contributed by atoms with Crippen molar-refractivity contribution >= 4 is 6.03 Å². The Morgan fingerprint density at radius 1 is 1.37 bits per heavy atom. The maximum absolute atomic E-state index is 11.8. The number of amides is 2. The largest absolute Gasteiger partial charge is 0.383 e. The van der Waals surface area contributed by atoms with Gasteiger partial charge in [-0.05, 0) is 30.7 Å². The number of benzene rings is 1. The summed E-state index contributed by atoms with van der Waals surface area (Å²) >= 11 is 0. The van der Waals surface area contributed by atoms with Crippen molar-refractivity contribution in [1.29, 1.82) is 0 Å². The Morgan fingerprint density at radius 3 is 2.74 bits per heavy atom. The Kier molecular flexibility index (Phi) is 5.21. The van der Waals surface area contributed by atoms with E-state index in [9.17, 15) is 4.79 Å². The first-order valence-electron chi connectivity index (χ1n) is 6.87. The number of hydrogen-bond acceptors (Lipinski definition) is 2. The van der Waals surface area contributed by atoms with Gasteiger partial charge in [0.05, 0.1) is 6.61 Å². The molecule has 0 radical (unpaired) electrons. The van der Waals surface area contributed by atoms with Crippen molar-refractivity contribution in [3.8, 4) is 0 Å². The van der Waals surface area contributed by atoms with E-state index in [0.717, 1.165) is 6.42 Å². The quantitative estimate of drug-likeness (QED) is 0.738. The Labute approximate surface area is 114 Å². The minimum atomic E-state index is -0.0927.